The average molecular weight is 1390 g/mol. The van der Waals surface area contributed by atoms with Gasteiger partial charge in [0, 0.05) is 95.9 Å². The number of methoxy groups -OCH3 is 1. The number of β-amino-alcohol motifs (C(OH)–C–C–N with tert-alkyl or cyclic N) is 1. The van der Waals surface area contributed by atoms with Gasteiger partial charge in [-0.05, 0) is 80.3 Å². The fourth-order valence-electron chi connectivity index (χ4n) is 11.0. The molecule has 0 unspecified atom stereocenters. The Bertz CT molecular complexity index is 3250. The van der Waals surface area contributed by atoms with Crippen molar-refractivity contribution in [3.8, 4) is 38.4 Å². The Morgan fingerprint density at radius 3 is 2.04 bits per heavy atom. The summed E-state index contributed by atoms with van der Waals surface area (Å²) in [6, 6.07) is 4.96. The number of hydrogen-bond acceptors (Lipinski definition) is 25. The molecule has 3 fully saturated rings. The van der Waals surface area contributed by atoms with Crippen molar-refractivity contribution in [3.05, 3.63) is 77.9 Å². The van der Waals surface area contributed by atoms with E-state index in [-0.39, 0.29) is 71.8 Å². The van der Waals surface area contributed by atoms with Crippen LogP contribution in [0.1, 0.15) is 81.1 Å². The zero-order valence-electron chi connectivity index (χ0n) is 53.9. The minimum atomic E-state index is -2.17. The number of amides is 9. The molecule has 13 atom stereocenters. The van der Waals surface area contributed by atoms with E-state index in [1.54, 1.807) is 19.2 Å². The smallest absolute Gasteiger partial charge is 0.691 e. The molecule has 9 amide bonds. The van der Waals surface area contributed by atoms with E-state index in [9.17, 15) is 79.4 Å². The number of carbonyl (C=O) groups is 8. The van der Waals surface area contributed by atoms with Crippen molar-refractivity contribution in [2.45, 2.75) is 145 Å². The van der Waals surface area contributed by atoms with Crippen LogP contribution in [0.3, 0.4) is 0 Å². The summed E-state index contributed by atoms with van der Waals surface area (Å²) in [7, 11) is 4.56. The van der Waals surface area contributed by atoms with E-state index in [0.29, 0.717) is 27.9 Å². The molecule has 32 nitrogen and oxygen atoms in total. The molecule has 4 heterocycles. The Kier molecular flexibility index (Phi) is 30.7. The van der Waals surface area contributed by atoms with Gasteiger partial charge in [-0.3, -0.25) is 38.6 Å². The van der Waals surface area contributed by atoms with E-state index in [0.717, 1.165) is 73.1 Å². The Balaban J connectivity index is 0.0000146. The number of aromatic nitrogens is 2. The third-order valence-corrected chi connectivity index (χ3v) is 17.6. The van der Waals surface area contributed by atoms with Crippen LogP contribution in [0.2, 0.25) is 0 Å². The van der Waals surface area contributed by atoms with Crippen LogP contribution in [0.4, 0.5) is 4.79 Å². The number of unbranched alkanes of at least 4 members (excludes halogenated alkanes) is 4. The molecule has 3 saturated heterocycles. The van der Waals surface area contributed by atoms with E-state index in [2.05, 4.69) is 51.5 Å². The maximum atomic E-state index is 15.0. The third kappa shape index (κ3) is 21.6. The molecular formula is C61H82N11NaO21S2. The molecule has 520 valence electrons. The molecule has 3 aromatic carbocycles. The van der Waals surface area contributed by atoms with Crippen LogP contribution in [0.5, 0.6) is 17.2 Å². The number of hydrogen-bond donors (Lipinski definition) is 13. The summed E-state index contributed by atoms with van der Waals surface area (Å²) in [6.07, 6.45) is -7.56. The molecule has 3 aliphatic heterocycles. The molecule has 35 heteroatoms. The molecule has 96 heavy (non-hydrogen) atoms. The third-order valence-electron chi connectivity index (χ3n) is 16.2. The van der Waals surface area contributed by atoms with Gasteiger partial charge in [-0.2, -0.15) is 0 Å². The number of nitrogens with one attached hydrogen (secondary N) is 6. The summed E-state index contributed by atoms with van der Waals surface area (Å²) in [5.41, 5.74) is 1.47. The van der Waals surface area contributed by atoms with Crippen molar-refractivity contribution in [3.63, 3.8) is 0 Å². The normalized spacial score (nSPS) is 23.9. The van der Waals surface area contributed by atoms with Gasteiger partial charge in [-0.1, -0.05) is 55.7 Å². The predicted octanol–water partition coefficient (Wildman–Crippen LogP) is -4.67. The van der Waals surface area contributed by atoms with Crippen LogP contribution in [-0.2, 0) is 49.3 Å². The van der Waals surface area contributed by atoms with Gasteiger partial charge in [-0.25, -0.2) is 4.79 Å². The first-order valence-electron chi connectivity index (χ1n) is 30.8. The molecule has 1 aromatic heterocycles. The fraction of sp³-hybridized carbons (Fsp3) is 0.541. The summed E-state index contributed by atoms with van der Waals surface area (Å²) in [6.45, 7) is 1.99. The number of urea groups is 1. The van der Waals surface area contributed by atoms with Crippen LogP contribution in [-0.4, -0.2) is 241 Å². The van der Waals surface area contributed by atoms with Crippen molar-refractivity contribution in [1.29, 1.82) is 0 Å². The van der Waals surface area contributed by atoms with Gasteiger partial charge in [0.05, 0.1) is 43.2 Å². The minimum Gasteiger partial charge on any atom is -0.691 e. The predicted molar refractivity (Wildman–Crippen MR) is 336 cm³/mol. The molecule has 0 aliphatic carbocycles. The molecule has 7 rings (SSSR count). The number of phenols is 1. The van der Waals surface area contributed by atoms with E-state index >= 15 is 0 Å². The number of aromatic hydroxyl groups is 1. The summed E-state index contributed by atoms with van der Waals surface area (Å²) >= 11 is 1.30. The van der Waals surface area contributed by atoms with Gasteiger partial charge in [0.2, 0.25) is 35.4 Å². The second kappa shape index (κ2) is 37.7. The molecule has 3 aliphatic rings. The number of benzene rings is 3. The van der Waals surface area contributed by atoms with Crippen LogP contribution >= 0.6 is 23.7 Å². The van der Waals surface area contributed by atoms with Crippen molar-refractivity contribution in [2.24, 2.45) is 5.92 Å². The number of fused-ring (bicyclic) bond motifs is 2. The Morgan fingerprint density at radius 1 is 0.771 bits per heavy atom. The van der Waals surface area contributed by atoms with E-state index in [1.807, 2.05) is 24.3 Å². The first-order chi connectivity index (χ1) is 45.4. The maximum Gasteiger partial charge on any atom is 1.00 e. The number of aliphatic hydroxyl groups is 6. The van der Waals surface area contributed by atoms with Gasteiger partial charge in [-0.15, -0.1) is 14.5 Å². The van der Waals surface area contributed by atoms with Crippen molar-refractivity contribution >= 4 is 71.0 Å². The second-order valence-corrected chi connectivity index (χ2v) is 25.0. The Labute approximate surface area is 583 Å². The molecule has 4 aromatic rings. The van der Waals surface area contributed by atoms with Crippen molar-refractivity contribution in [1.82, 2.24) is 56.8 Å². The first kappa shape index (κ1) is 78.1. The second-order valence-electron chi connectivity index (χ2n) is 23.6. The summed E-state index contributed by atoms with van der Waals surface area (Å²) in [4.78, 5) is 118. The molecule has 0 spiro atoms. The summed E-state index contributed by atoms with van der Waals surface area (Å²) in [5, 5.41) is 118. The van der Waals surface area contributed by atoms with Crippen molar-refractivity contribution in [2.75, 3.05) is 60.6 Å². The van der Waals surface area contributed by atoms with Crippen LogP contribution in [0.15, 0.2) is 66.7 Å². The topological polar surface area (TPSA) is 455 Å². The van der Waals surface area contributed by atoms with Gasteiger partial charge in [0.1, 0.15) is 52.0 Å². The number of rotatable bonds is 25. The Hall–Kier alpha value is -6.87. The van der Waals surface area contributed by atoms with Gasteiger partial charge >= 0.3 is 35.6 Å². The largest absolute Gasteiger partial charge is 1.00 e. The molecular weight excluding hydrogens is 1310 g/mol. The number of aliphatic hydroxyl groups excluding tert-OH is 6. The standard InChI is InChI=1S/C61H83N11O21S2.Na/c1-32-30-72-50(51(32)79)56(84)63-29-38(74)27-41(64-52(80)35-12-14-36(15-13-35)57-68-69-58(94-57)37-16-18-40(19-17-37)90-24-10-8-6-7-9-23-89-5)53(81)65-47(33(2)73)59(85)71-31-39(75)28-42(71)54(82)66-48(45(78)25-34-11-20-43(76)46(26-34)91-95-93-92-88)55(83)67-49(60(72)86)44(77)21-22-62-61(87)70(3)4;/h11-20,26,32-33,38-39,41-42,44-45,47-51,73-79,88H,6-10,21-25,27-31H2,1-5H3,(H,62,87)(H,63,84)(H,64,80)(H,65,81)(H,66,82)(H,67,83);/q;+1/p-1/t32-,33+,38+,39-,41+,42+,44-,45-,47+,48+,49+,50+,51+;/m1./s1. The average Bonchev–Trinajstić information content (AvgIpc) is 1.62. The zero-order chi connectivity index (χ0) is 69.0. The quantitative estimate of drug-likeness (QED) is 0.00975. The van der Waals surface area contributed by atoms with Crippen LogP contribution in [0.25, 0.3) is 21.1 Å². The maximum absolute atomic E-state index is 15.0. The zero-order valence-corrected chi connectivity index (χ0v) is 57.5. The number of phenolic OH excluding ortho intramolecular Hbond substituents is 1. The Morgan fingerprint density at radius 2 is 1.40 bits per heavy atom. The molecule has 0 bridgehead atoms. The van der Waals surface area contributed by atoms with E-state index < -0.39 is 171 Å². The van der Waals surface area contributed by atoms with Gasteiger partial charge in [0.25, 0.3) is 18.2 Å². The fourth-order valence-corrected chi connectivity index (χ4v) is 12.1. The number of nitrogens with zero attached hydrogens (tertiary/aromatic N) is 5. The summed E-state index contributed by atoms with van der Waals surface area (Å²) < 4.78 is 20.2. The number of carbonyl (C=O) groups excluding carboxylic acids is 8. The minimum absolute atomic E-state index is 0. The van der Waals surface area contributed by atoms with Gasteiger partial charge in [0.15, 0.2) is 11.5 Å². The monoisotopic (exact) mass is 1390 g/mol. The summed E-state index contributed by atoms with van der Waals surface area (Å²) in [5.74, 6) is -8.99. The first-order valence-corrected chi connectivity index (χ1v) is 32.3. The van der Waals surface area contributed by atoms with Gasteiger partial charge < -0.3 is 101 Å². The SMILES string of the molecule is COCCCCCCCOc1ccc(-c2nnc(-c3ccc(C(=O)N[C@H]4C[C@H](O)CNC(=O)[C@@H]5[C@@H](O)[C@H](C)CN5C(=O)[C@H]([C@H](O)CCNC(=O)N(C)C)NC(=O)[C@H]([C@H](O)Cc5ccc(O)c(OSOO[O-])c5)NC(=O)[C@@H]5C[C@@H](O)CN5C(=O)[C@H]([C@H](C)O)NC4=O)cc3)s2)cc1.[Na+]. The molecule has 0 radical (unpaired) electrons. The molecule has 13 N–H and O–H groups in total. The van der Waals surface area contributed by atoms with Crippen molar-refractivity contribution < 1.29 is 132 Å². The van der Waals surface area contributed by atoms with E-state index in [1.165, 1.54) is 55.5 Å². The van der Waals surface area contributed by atoms with Crippen LogP contribution < -0.4 is 75.6 Å². The number of ether oxygens (including phenoxy) is 2. The molecule has 0 saturated carbocycles. The van der Waals surface area contributed by atoms with Crippen LogP contribution in [0, 0.1) is 5.92 Å². The van der Waals surface area contributed by atoms with E-state index in [4.69, 9.17) is 13.7 Å².